The topological polar surface area (TPSA) is 42.0 Å². The summed E-state index contributed by atoms with van der Waals surface area (Å²) in [5.74, 6) is 0.941. The Morgan fingerprint density at radius 2 is 2.10 bits per heavy atom. The maximum absolute atomic E-state index is 12.2. The predicted octanol–water partition coefficient (Wildman–Crippen LogP) is 4.20. The number of rotatable bonds is 3. The minimum absolute atomic E-state index is 0.0686. The van der Waals surface area contributed by atoms with Gasteiger partial charge in [-0.15, -0.1) is 11.3 Å². The highest BCUT2D eigenvalue weighted by molar-refractivity contribution is 7.14. The average molecular weight is 305 g/mol. The molecule has 0 radical (unpaired) electrons. The monoisotopic (exact) mass is 304 g/mol. The van der Waals surface area contributed by atoms with Crippen molar-refractivity contribution in [2.24, 2.45) is 11.3 Å². The molecule has 3 fully saturated rings. The zero-order chi connectivity index (χ0) is 13.7. The summed E-state index contributed by atoms with van der Waals surface area (Å²) in [5, 5.41) is 6.22. The Bertz CT molecular complexity index is 680. The molecule has 0 unspecified atom stereocenters. The Kier molecular flexibility index (Phi) is 2.66. The second-order valence-corrected chi connectivity index (χ2v) is 7.00. The standard InChI is InChI=1S/C15H13ClN2OS/c16-11-4-2-1-3-10(11)12-8-20-14(17-12)18-13(19)15-5-9(6-15)7-15/h1-4,8-9H,5-7H2,(H,17,18,19). The van der Waals surface area contributed by atoms with Gasteiger partial charge in [-0.25, -0.2) is 4.98 Å². The molecule has 0 aliphatic heterocycles. The van der Waals surface area contributed by atoms with Gasteiger partial charge in [0.15, 0.2) is 5.13 Å². The molecule has 2 aromatic rings. The smallest absolute Gasteiger partial charge is 0.232 e. The number of benzene rings is 1. The molecular weight excluding hydrogens is 292 g/mol. The van der Waals surface area contributed by atoms with Gasteiger partial charge in [-0.1, -0.05) is 29.8 Å². The minimum Gasteiger partial charge on any atom is -0.301 e. The number of amides is 1. The van der Waals surface area contributed by atoms with Crippen LogP contribution in [-0.2, 0) is 4.79 Å². The van der Waals surface area contributed by atoms with Crippen molar-refractivity contribution in [2.45, 2.75) is 19.3 Å². The number of anilines is 1. The van der Waals surface area contributed by atoms with Crippen molar-refractivity contribution in [1.82, 2.24) is 4.98 Å². The predicted molar refractivity (Wildman–Crippen MR) is 81.0 cm³/mol. The molecule has 102 valence electrons. The second kappa shape index (κ2) is 4.30. The van der Waals surface area contributed by atoms with Crippen molar-refractivity contribution < 1.29 is 4.79 Å². The fourth-order valence-corrected chi connectivity index (χ4v) is 4.05. The normalized spacial score (nSPS) is 26.6. The van der Waals surface area contributed by atoms with Crippen LogP contribution in [0.2, 0.25) is 5.02 Å². The van der Waals surface area contributed by atoms with Gasteiger partial charge in [-0.2, -0.15) is 0 Å². The minimum atomic E-state index is -0.0686. The van der Waals surface area contributed by atoms with Crippen molar-refractivity contribution in [3.63, 3.8) is 0 Å². The number of halogens is 1. The van der Waals surface area contributed by atoms with E-state index in [1.54, 1.807) is 0 Å². The molecule has 3 nitrogen and oxygen atoms in total. The molecule has 1 N–H and O–H groups in total. The van der Waals surface area contributed by atoms with Crippen LogP contribution in [0.5, 0.6) is 0 Å². The van der Waals surface area contributed by atoms with Gasteiger partial charge in [0.05, 0.1) is 11.1 Å². The van der Waals surface area contributed by atoms with E-state index in [0.717, 1.165) is 36.4 Å². The van der Waals surface area contributed by atoms with Gasteiger partial charge in [-0.3, -0.25) is 4.79 Å². The molecule has 0 spiro atoms. The van der Waals surface area contributed by atoms with Crippen LogP contribution in [-0.4, -0.2) is 10.9 Å². The van der Waals surface area contributed by atoms with Gasteiger partial charge in [-0.05, 0) is 31.2 Å². The van der Waals surface area contributed by atoms with Crippen LogP contribution in [0, 0.1) is 11.3 Å². The molecule has 1 amide bonds. The number of hydrogen-bond acceptors (Lipinski definition) is 3. The van der Waals surface area contributed by atoms with Gasteiger partial charge in [0, 0.05) is 16.0 Å². The van der Waals surface area contributed by atoms with E-state index >= 15 is 0 Å². The van der Waals surface area contributed by atoms with E-state index in [2.05, 4.69) is 10.3 Å². The summed E-state index contributed by atoms with van der Waals surface area (Å²) in [4.78, 5) is 16.7. The Labute approximate surface area is 126 Å². The van der Waals surface area contributed by atoms with Crippen molar-refractivity contribution in [2.75, 3.05) is 5.32 Å². The lowest BCUT2D eigenvalue weighted by Gasteiger charge is -2.59. The van der Waals surface area contributed by atoms with Gasteiger partial charge < -0.3 is 5.32 Å². The Morgan fingerprint density at radius 3 is 2.75 bits per heavy atom. The molecule has 3 aliphatic rings. The van der Waals surface area contributed by atoms with Crippen LogP contribution in [0.4, 0.5) is 5.13 Å². The molecule has 2 bridgehead atoms. The van der Waals surface area contributed by atoms with E-state index in [9.17, 15) is 4.79 Å². The fraction of sp³-hybridized carbons (Fsp3) is 0.333. The SMILES string of the molecule is O=C(Nc1nc(-c2ccccc2Cl)cs1)C12CC(C1)C2. The number of carbonyl (C=O) groups excluding carboxylic acids is 1. The quantitative estimate of drug-likeness (QED) is 0.923. The van der Waals surface area contributed by atoms with Crippen LogP contribution < -0.4 is 5.32 Å². The number of nitrogens with one attached hydrogen (secondary N) is 1. The molecule has 5 rings (SSSR count). The van der Waals surface area contributed by atoms with Crippen molar-refractivity contribution in [3.05, 3.63) is 34.7 Å². The number of nitrogens with zero attached hydrogens (tertiary/aromatic N) is 1. The molecule has 0 atom stereocenters. The van der Waals surface area contributed by atoms with E-state index in [1.165, 1.54) is 11.3 Å². The first-order chi connectivity index (χ1) is 9.66. The fourth-order valence-electron chi connectivity index (χ4n) is 3.11. The lowest BCUT2D eigenvalue weighted by atomic mass is 9.44. The highest BCUT2D eigenvalue weighted by atomic mass is 35.5. The van der Waals surface area contributed by atoms with Crippen molar-refractivity contribution >= 4 is 34.0 Å². The van der Waals surface area contributed by atoms with Crippen LogP contribution in [0.1, 0.15) is 19.3 Å². The lowest BCUT2D eigenvalue weighted by molar-refractivity contribution is -0.158. The molecule has 1 aromatic carbocycles. The molecule has 1 heterocycles. The molecule has 3 saturated carbocycles. The summed E-state index contributed by atoms with van der Waals surface area (Å²) >= 11 is 7.61. The number of carbonyl (C=O) groups is 1. The largest absolute Gasteiger partial charge is 0.301 e. The third-order valence-corrected chi connectivity index (χ3v) is 5.48. The third kappa shape index (κ3) is 1.79. The first kappa shape index (κ1) is 12.4. The van der Waals surface area contributed by atoms with Crippen molar-refractivity contribution in [1.29, 1.82) is 0 Å². The molecule has 1 aromatic heterocycles. The van der Waals surface area contributed by atoms with Crippen molar-refractivity contribution in [3.8, 4) is 11.3 Å². The van der Waals surface area contributed by atoms with E-state index in [0.29, 0.717) is 10.2 Å². The van der Waals surface area contributed by atoms with Gasteiger partial charge >= 0.3 is 0 Å². The number of hydrogen-bond donors (Lipinski definition) is 1. The Hall–Kier alpha value is -1.39. The zero-order valence-electron chi connectivity index (χ0n) is 10.7. The first-order valence-corrected chi connectivity index (χ1v) is 7.94. The lowest BCUT2D eigenvalue weighted by Crippen LogP contribution is -2.58. The van der Waals surface area contributed by atoms with E-state index in [-0.39, 0.29) is 11.3 Å². The maximum Gasteiger partial charge on any atom is 0.232 e. The summed E-state index contributed by atoms with van der Waals surface area (Å²) in [5.41, 5.74) is 1.64. The molecule has 20 heavy (non-hydrogen) atoms. The summed E-state index contributed by atoms with van der Waals surface area (Å²) in [7, 11) is 0. The summed E-state index contributed by atoms with van der Waals surface area (Å²) < 4.78 is 0. The highest BCUT2D eigenvalue weighted by Gasteiger charge is 2.61. The summed E-state index contributed by atoms with van der Waals surface area (Å²) in [6.45, 7) is 0. The van der Waals surface area contributed by atoms with Crippen LogP contribution in [0.25, 0.3) is 11.3 Å². The van der Waals surface area contributed by atoms with E-state index < -0.39 is 0 Å². The van der Waals surface area contributed by atoms with Gasteiger partial charge in [0.1, 0.15) is 0 Å². The Balaban J connectivity index is 1.53. The molecule has 3 aliphatic carbocycles. The number of thiazole rings is 1. The third-order valence-electron chi connectivity index (χ3n) is 4.39. The molecule has 0 saturated heterocycles. The average Bonchev–Trinajstić information content (AvgIpc) is 2.73. The van der Waals surface area contributed by atoms with E-state index in [1.807, 2.05) is 29.6 Å². The molecule has 5 heteroatoms. The van der Waals surface area contributed by atoms with Crippen LogP contribution >= 0.6 is 22.9 Å². The van der Waals surface area contributed by atoms with E-state index in [4.69, 9.17) is 11.6 Å². The van der Waals surface area contributed by atoms with Gasteiger partial charge in [0.2, 0.25) is 5.91 Å². The highest BCUT2D eigenvalue weighted by Crippen LogP contribution is 2.64. The zero-order valence-corrected chi connectivity index (χ0v) is 12.3. The number of aromatic nitrogens is 1. The maximum atomic E-state index is 12.2. The van der Waals surface area contributed by atoms with Crippen LogP contribution in [0.15, 0.2) is 29.6 Å². The molecular formula is C15H13ClN2OS. The second-order valence-electron chi connectivity index (χ2n) is 5.73. The van der Waals surface area contributed by atoms with Crippen LogP contribution in [0.3, 0.4) is 0 Å². The summed E-state index contributed by atoms with van der Waals surface area (Å²) in [6, 6.07) is 7.60. The van der Waals surface area contributed by atoms with Gasteiger partial charge in [0.25, 0.3) is 0 Å². The first-order valence-electron chi connectivity index (χ1n) is 6.68. The Morgan fingerprint density at radius 1 is 1.35 bits per heavy atom. The summed E-state index contributed by atoms with van der Waals surface area (Å²) in [6.07, 6.45) is 3.17.